The van der Waals surface area contributed by atoms with Crippen molar-refractivity contribution in [1.29, 1.82) is 0 Å². The third-order valence-electron chi connectivity index (χ3n) is 6.79. The quantitative estimate of drug-likeness (QED) is 0.373. The van der Waals surface area contributed by atoms with E-state index in [1.54, 1.807) is 6.20 Å². The molecule has 36 heavy (non-hydrogen) atoms. The second-order valence-corrected chi connectivity index (χ2v) is 9.80. The maximum absolute atomic E-state index is 12.5. The zero-order valence-electron chi connectivity index (χ0n) is 20.9. The van der Waals surface area contributed by atoms with Crippen LogP contribution in [0.15, 0.2) is 60.0 Å². The van der Waals surface area contributed by atoms with Crippen molar-refractivity contribution in [2.75, 3.05) is 25.0 Å². The number of nitrogens with zero attached hydrogens (tertiary/aromatic N) is 4. The SMILES string of the molecule is C/C=N\N(C/C=C/c1ccncc1C=CCC(=O)Nc1ccc(CN2CC3CC(C2)O3)cc1)C1CC1. The highest BCUT2D eigenvalue weighted by Gasteiger charge is 2.37. The number of piperidine rings is 1. The molecule has 1 N–H and O–H groups in total. The van der Waals surface area contributed by atoms with Crippen LogP contribution in [0.3, 0.4) is 0 Å². The summed E-state index contributed by atoms with van der Waals surface area (Å²) in [5.41, 5.74) is 4.14. The zero-order chi connectivity index (χ0) is 24.7. The van der Waals surface area contributed by atoms with Gasteiger partial charge in [0.05, 0.1) is 18.8 Å². The van der Waals surface area contributed by atoms with Crippen molar-refractivity contribution in [3.05, 3.63) is 71.6 Å². The number of amides is 1. The molecule has 1 aromatic carbocycles. The molecule has 7 nitrogen and oxygen atoms in total. The molecule has 7 heteroatoms. The molecule has 1 saturated carbocycles. The van der Waals surface area contributed by atoms with Crippen LogP contribution >= 0.6 is 0 Å². The normalized spacial score (nSPS) is 21.8. The lowest BCUT2D eigenvalue weighted by atomic mass is 9.98. The minimum absolute atomic E-state index is 0.0363. The molecule has 1 aromatic heterocycles. The molecule has 3 aliphatic heterocycles. The average molecular weight is 486 g/mol. The molecule has 4 heterocycles. The Morgan fingerprint density at radius 3 is 2.61 bits per heavy atom. The molecule has 188 valence electrons. The maximum atomic E-state index is 12.5. The monoisotopic (exact) mass is 485 g/mol. The Morgan fingerprint density at radius 2 is 1.89 bits per heavy atom. The number of anilines is 1. The van der Waals surface area contributed by atoms with Gasteiger partial charge in [0, 0.05) is 62.8 Å². The van der Waals surface area contributed by atoms with Gasteiger partial charge in [0.15, 0.2) is 0 Å². The second kappa shape index (κ2) is 11.6. The molecular weight excluding hydrogens is 450 g/mol. The van der Waals surface area contributed by atoms with Gasteiger partial charge < -0.3 is 10.1 Å². The molecule has 4 fully saturated rings. The lowest BCUT2D eigenvalue weighted by Gasteiger charge is -2.47. The number of pyridine rings is 1. The summed E-state index contributed by atoms with van der Waals surface area (Å²) < 4.78 is 5.71. The highest BCUT2D eigenvalue weighted by Crippen LogP contribution is 2.29. The van der Waals surface area contributed by atoms with Crippen LogP contribution in [-0.4, -0.2) is 64.9 Å². The third kappa shape index (κ3) is 6.68. The van der Waals surface area contributed by atoms with E-state index >= 15 is 0 Å². The fourth-order valence-electron chi connectivity index (χ4n) is 4.83. The van der Waals surface area contributed by atoms with Gasteiger partial charge in [0.25, 0.3) is 0 Å². The highest BCUT2D eigenvalue weighted by atomic mass is 16.5. The molecular formula is C29H35N5O2. The van der Waals surface area contributed by atoms with Gasteiger partial charge in [0.1, 0.15) is 0 Å². The predicted molar refractivity (Wildman–Crippen MR) is 144 cm³/mol. The van der Waals surface area contributed by atoms with Crippen LogP contribution in [0.1, 0.15) is 49.3 Å². The van der Waals surface area contributed by atoms with Crippen LogP contribution in [0, 0.1) is 0 Å². The second-order valence-electron chi connectivity index (χ2n) is 9.80. The highest BCUT2D eigenvalue weighted by molar-refractivity contribution is 5.92. The van der Waals surface area contributed by atoms with E-state index in [1.807, 2.05) is 49.7 Å². The Bertz CT molecular complexity index is 1110. The van der Waals surface area contributed by atoms with Crippen LogP contribution < -0.4 is 5.32 Å². The molecule has 2 unspecified atom stereocenters. The number of benzene rings is 1. The van der Waals surface area contributed by atoms with Crippen LogP contribution in [0.25, 0.3) is 12.2 Å². The van der Waals surface area contributed by atoms with E-state index in [-0.39, 0.29) is 5.91 Å². The van der Waals surface area contributed by atoms with E-state index < -0.39 is 0 Å². The minimum Gasteiger partial charge on any atom is -0.372 e. The fourth-order valence-corrected chi connectivity index (χ4v) is 4.83. The van der Waals surface area contributed by atoms with Crippen molar-refractivity contribution < 1.29 is 9.53 Å². The average Bonchev–Trinajstić information content (AvgIpc) is 3.71. The number of morpholine rings is 1. The van der Waals surface area contributed by atoms with Crippen molar-refractivity contribution in [2.45, 2.75) is 57.4 Å². The van der Waals surface area contributed by atoms with Crippen molar-refractivity contribution >= 4 is 30.0 Å². The number of hydrogen-bond donors (Lipinski definition) is 1. The van der Waals surface area contributed by atoms with E-state index in [0.29, 0.717) is 24.7 Å². The van der Waals surface area contributed by atoms with E-state index in [0.717, 1.165) is 43.0 Å². The molecule has 3 saturated heterocycles. The number of carbonyl (C=O) groups is 1. The minimum atomic E-state index is -0.0363. The van der Waals surface area contributed by atoms with E-state index in [1.165, 1.54) is 24.8 Å². The van der Waals surface area contributed by atoms with Gasteiger partial charge in [-0.1, -0.05) is 36.4 Å². The predicted octanol–water partition coefficient (Wildman–Crippen LogP) is 4.58. The van der Waals surface area contributed by atoms with Crippen molar-refractivity contribution in [3.63, 3.8) is 0 Å². The molecule has 0 spiro atoms. The van der Waals surface area contributed by atoms with Gasteiger partial charge in [-0.25, -0.2) is 0 Å². The molecule has 4 aliphatic rings. The largest absolute Gasteiger partial charge is 0.372 e. The maximum Gasteiger partial charge on any atom is 0.228 e. The first-order valence-electron chi connectivity index (χ1n) is 12.9. The molecule has 2 aromatic rings. The molecule has 2 bridgehead atoms. The number of ether oxygens (including phenoxy) is 1. The fraction of sp³-hybridized carbons (Fsp3) is 0.414. The summed E-state index contributed by atoms with van der Waals surface area (Å²) in [5.74, 6) is -0.0363. The Morgan fingerprint density at radius 1 is 1.14 bits per heavy atom. The molecule has 2 atom stereocenters. The Kier molecular flexibility index (Phi) is 7.88. The Hall–Kier alpha value is -3.29. The van der Waals surface area contributed by atoms with Gasteiger partial charge in [-0.3, -0.25) is 19.7 Å². The lowest BCUT2D eigenvalue weighted by Crippen LogP contribution is -2.56. The van der Waals surface area contributed by atoms with Gasteiger partial charge in [-0.2, -0.15) is 5.10 Å². The first-order valence-corrected chi connectivity index (χ1v) is 12.9. The number of fused-ring (bicyclic) bond motifs is 2. The van der Waals surface area contributed by atoms with E-state index in [4.69, 9.17) is 4.74 Å². The topological polar surface area (TPSA) is 70.1 Å². The van der Waals surface area contributed by atoms with Crippen LogP contribution in [0.4, 0.5) is 5.69 Å². The number of rotatable bonds is 11. The standard InChI is InChI=1S/C29H35N5O2/c1-2-31-34(26-12-13-26)16-4-6-23-14-15-30-18-24(23)5-3-7-29(35)32-25-10-8-22(9-11-25)19-33-20-27-17-28(21-33)36-27/h2-6,8-11,14-15,18,26-28H,7,12-13,16-17,19-21H2,1H3,(H,32,35)/b5-3?,6-4+,31-2-. The number of hydrogen-bond acceptors (Lipinski definition) is 6. The summed E-state index contributed by atoms with van der Waals surface area (Å²) in [7, 11) is 0. The first kappa shape index (κ1) is 24.4. The van der Waals surface area contributed by atoms with E-state index in [2.05, 4.69) is 49.6 Å². The number of hydrazone groups is 1. The summed E-state index contributed by atoms with van der Waals surface area (Å²) in [4.78, 5) is 19.2. The zero-order valence-corrected chi connectivity index (χ0v) is 20.9. The number of aromatic nitrogens is 1. The van der Waals surface area contributed by atoms with Crippen molar-refractivity contribution in [1.82, 2.24) is 14.9 Å². The van der Waals surface area contributed by atoms with Crippen LogP contribution in [0.2, 0.25) is 0 Å². The van der Waals surface area contributed by atoms with Crippen LogP contribution in [-0.2, 0) is 16.1 Å². The lowest BCUT2D eigenvalue weighted by molar-refractivity contribution is -0.182. The first-order chi connectivity index (χ1) is 17.7. The summed E-state index contributed by atoms with van der Waals surface area (Å²) >= 11 is 0. The van der Waals surface area contributed by atoms with Crippen molar-refractivity contribution in [2.24, 2.45) is 5.10 Å². The third-order valence-corrected chi connectivity index (χ3v) is 6.79. The van der Waals surface area contributed by atoms with Gasteiger partial charge in [-0.15, -0.1) is 0 Å². The summed E-state index contributed by atoms with van der Waals surface area (Å²) in [6, 6.07) is 10.7. The smallest absolute Gasteiger partial charge is 0.228 e. The van der Waals surface area contributed by atoms with Gasteiger partial charge >= 0.3 is 0 Å². The number of carbonyl (C=O) groups excluding carboxylic acids is 1. The molecule has 6 rings (SSSR count). The van der Waals surface area contributed by atoms with Crippen LogP contribution in [0.5, 0.6) is 0 Å². The molecule has 1 amide bonds. The summed E-state index contributed by atoms with van der Waals surface area (Å²) in [6.45, 7) is 5.70. The van der Waals surface area contributed by atoms with Gasteiger partial charge in [0.2, 0.25) is 5.91 Å². The van der Waals surface area contributed by atoms with E-state index in [9.17, 15) is 4.79 Å². The Labute approximate surface area is 213 Å². The molecule has 0 radical (unpaired) electrons. The number of nitrogens with one attached hydrogen (secondary N) is 1. The van der Waals surface area contributed by atoms with Gasteiger partial charge in [-0.05, 0) is 54.7 Å². The summed E-state index contributed by atoms with van der Waals surface area (Å²) in [6.07, 6.45) is 18.3. The summed E-state index contributed by atoms with van der Waals surface area (Å²) in [5, 5.41) is 9.58. The van der Waals surface area contributed by atoms with Crippen molar-refractivity contribution in [3.8, 4) is 0 Å². The molecule has 1 aliphatic carbocycles. The Balaban J connectivity index is 1.09.